The van der Waals surface area contributed by atoms with Crippen LogP contribution in [-0.2, 0) is 4.74 Å². The monoisotopic (exact) mass is 380 g/mol. The Morgan fingerprint density at radius 3 is 1.17 bits per heavy atom. The molecule has 3 nitrogen and oxygen atoms in total. The molecule has 0 saturated heterocycles. The van der Waals surface area contributed by atoms with Gasteiger partial charge in [-0.2, -0.15) is 0 Å². The summed E-state index contributed by atoms with van der Waals surface area (Å²) < 4.78 is 6.80. The van der Waals surface area contributed by atoms with E-state index < -0.39 is 0 Å². The van der Waals surface area contributed by atoms with Crippen LogP contribution >= 0.6 is 0 Å². The molecule has 0 radical (unpaired) electrons. The average molecular weight is 380 g/mol. The van der Waals surface area contributed by atoms with E-state index in [0.29, 0.717) is 11.4 Å². The number of rotatable bonds is 6. The SMILES string of the molecule is Nc1ccccc1C(OC(c1ccccc1)c1ccccc1N)c1ccccc1. The van der Waals surface area contributed by atoms with E-state index in [2.05, 4.69) is 24.3 Å². The van der Waals surface area contributed by atoms with Crippen LogP contribution in [0.2, 0.25) is 0 Å². The molecule has 4 rings (SSSR count). The van der Waals surface area contributed by atoms with Crippen molar-refractivity contribution in [3.05, 3.63) is 131 Å². The molecule has 4 aromatic carbocycles. The normalized spacial score (nSPS) is 13.0. The molecule has 0 spiro atoms. The van der Waals surface area contributed by atoms with Crippen molar-refractivity contribution in [2.75, 3.05) is 11.5 Å². The third-order valence-corrected chi connectivity index (χ3v) is 5.03. The summed E-state index contributed by atoms with van der Waals surface area (Å²) in [6.07, 6.45) is -0.663. The lowest BCUT2D eigenvalue weighted by Crippen LogP contribution is -2.15. The highest BCUT2D eigenvalue weighted by Gasteiger charge is 2.25. The van der Waals surface area contributed by atoms with Crippen molar-refractivity contribution in [3.63, 3.8) is 0 Å². The predicted octanol–water partition coefficient (Wildman–Crippen LogP) is 5.75. The lowest BCUT2D eigenvalue weighted by Gasteiger charge is -2.28. The van der Waals surface area contributed by atoms with Crippen LogP contribution in [0.3, 0.4) is 0 Å². The Labute approximate surface area is 171 Å². The van der Waals surface area contributed by atoms with Crippen molar-refractivity contribution in [1.29, 1.82) is 0 Å². The first kappa shape index (κ1) is 18.8. The molecule has 29 heavy (non-hydrogen) atoms. The van der Waals surface area contributed by atoms with Gasteiger partial charge in [0, 0.05) is 22.5 Å². The summed E-state index contributed by atoms with van der Waals surface area (Å²) in [5, 5.41) is 0. The van der Waals surface area contributed by atoms with E-state index in [9.17, 15) is 0 Å². The molecular weight excluding hydrogens is 356 g/mol. The summed E-state index contributed by atoms with van der Waals surface area (Å²) in [5.74, 6) is 0. The van der Waals surface area contributed by atoms with Crippen molar-refractivity contribution in [2.24, 2.45) is 0 Å². The Hall–Kier alpha value is -3.56. The molecule has 2 atom stereocenters. The third-order valence-electron chi connectivity index (χ3n) is 5.03. The summed E-state index contributed by atoms with van der Waals surface area (Å²) >= 11 is 0. The summed E-state index contributed by atoms with van der Waals surface area (Å²) in [6.45, 7) is 0. The zero-order valence-electron chi connectivity index (χ0n) is 16.1. The fourth-order valence-electron chi connectivity index (χ4n) is 3.55. The fraction of sp³-hybridized carbons (Fsp3) is 0.0769. The van der Waals surface area contributed by atoms with Gasteiger partial charge >= 0.3 is 0 Å². The summed E-state index contributed by atoms with van der Waals surface area (Å²) in [6, 6.07) is 36.0. The smallest absolute Gasteiger partial charge is 0.111 e. The summed E-state index contributed by atoms with van der Waals surface area (Å²) in [7, 11) is 0. The molecule has 2 unspecified atom stereocenters. The third kappa shape index (κ3) is 4.15. The minimum atomic E-state index is -0.331. The van der Waals surface area contributed by atoms with Crippen molar-refractivity contribution < 1.29 is 4.74 Å². The lowest BCUT2D eigenvalue weighted by molar-refractivity contribution is 0.0316. The molecule has 4 aromatic rings. The highest BCUT2D eigenvalue weighted by atomic mass is 16.5. The molecule has 0 aliphatic rings. The maximum Gasteiger partial charge on any atom is 0.111 e. The quantitative estimate of drug-likeness (QED) is 0.419. The molecule has 4 N–H and O–H groups in total. The predicted molar refractivity (Wildman–Crippen MR) is 119 cm³/mol. The number of hydrogen-bond donors (Lipinski definition) is 2. The van der Waals surface area contributed by atoms with Gasteiger partial charge in [-0.05, 0) is 23.3 Å². The lowest BCUT2D eigenvalue weighted by atomic mass is 9.96. The largest absolute Gasteiger partial charge is 0.398 e. The van der Waals surface area contributed by atoms with E-state index in [1.165, 1.54) is 0 Å². The van der Waals surface area contributed by atoms with E-state index in [1.54, 1.807) is 0 Å². The van der Waals surface area contributed by atoms with Crippen molar-refractivity contribution >= 4 is 11.4 Å². The van der Waals surface area contributed by atoms with Gasteiger partial charge in [0.05, 0.1) is 0 Å². The molecule has 0 heterocycles. The number of nitrogens with two attached hydrogens (primary N) is 2. The highest BCUT2D eigenvalue weighted by molar-refractivity contribution is 5.53. The van der Waals surface area contributed by atoms with Crippen LogP contribution in [0.15, 0.2) is 109 Å². The summed E-state index contributed by atoms with van der Waals surface area (Å²) in [4.78, 5) is 0. The number of ether oxygens (including phenoxy) is 1. The van der Waals surface area contributed by atoms with Gasteiger partial charge in [-0.3, -0.25) is 0 Å². The highest BCUT2D eigenvalue weighted by Crippen LogP contribution is 2.39. The van der Waals surface area contributed by atoms with Gasteiger partial charge < -0.3 is 16.2 Å². The van der Waals surface area contributed by atoms with Crippen LogP contribution in [0.1, 0.15) is 34.5 Å². The van der Waals surface area contributed by atoms with Gasteiger partial charge in [0.25, 0.3) is 0 Å². The van der Waals surface area contributed by atoms with Crippen molar-refractivity contribution in [1.82, 2.24) is 0 Å². The van der Waals surface area contributed by atoms with Gasteiger partial charge in [0.2, 0.25) is 0 Å². The Morgan fingerprint density at radius 1 is 0.448 bits per heavy atom. The Kier molecular flexibility index (Phi) is 5.59. The fourth-order valence-corrected chi connectivity index (χ4v) is 3.55. The van der Waals surface area contributed by atoms with Gasteiger partial charge in [-0.1, -0.05) is 97.1 Å². The molecule has 0 saturated carbocycles. The minimum absolute atomic E-state index is 0.331. The second kappa shape index (κ2) is 8.63. The number of para-hydroxylation sites is 2. The molecule has 3 heteroatoms. The topological polar surface area (TPSA) is 61.3 Å². The molecule has 0 aliphatic heterocycles. The number of anilines is 2. The van der Waals surface area contributed by atoms with Crippen LogP contribution < -0.4 is 11.5 Å². The number of benzene rings is 4. The average Bonchev–Trinajstić information content (AvgIpc) is 2.77. The first-order valence-corrected chi connectivity index (χ1v) is 9.68. The maximum atomic E-state index is 6.80. The van der Waals surface area contributed by atoms with E-state index in [0.717, 1.165) is 22.3 Å². The van der Waals surface area contributed by atoms with Gasteiger partial charge in [-0.25, -0.2) is 0 Å². The van der Waals surface area contributed by atoms with Gasteiger partial charge in [0.15, 0.2) is 0 Å². The van der Waals surface area contributed by atoms with Crippen molar-refractivity contribution in [3.8, 4) is 0 Å². The van der Waals surface area contributed by atoms with E-state index in [-0.39, 0.29) is 12.2 Å². The van der Waals surface area contributed by atoms with Crippen LogP contribution in [0, 0.1) is 0 Å². The standard InChI is InChI=1S/C26H24N2O/c27-23-17-9-7-15-21(23)25(19-11-3-1-4-12-19)29-26(20-13-5-2-6-14-20)22-16-8-10-18-24(22)28/h1-18,25-26H,27-28H2. The Balaban J connectivity index is 1.83. The van der Waals surface area contributed by atoms with Gasteiger partial charge in [-0.15, -0.1) is 0 Å². The summed E-state index contributed by atoms with van der Waals surface area (Å²) in [5.41, 5.74) is 18.0. The molecule has 0 aromatic heterocycles. The second-order valence-electron chi connectivity index (χ2n) is 6.98. The minimum Gasteiger partial charge on any atom is -0.398 e. The van der Waals surface area contributed by atoms with Crippen LogP contribution in [0.5, 0.6) is 0 Å². The van der Waals surface area contributed by atoms with Crippen LogP contribution in [-0.4, -0.2) is 0 Å². The van der Waals surface area contributed by atoms with Crippen LogP contribution in [0.25, 0.3) is 0 Å². The Morgan fingerprint density at radius 2 is 0.793 bits per heavy atom. The van der Waals surface area contributed by atoms with Crippen LogP contribution in [0.4, 0.5) is 11.4 Å². The van der Waals surface area contributed by atoms with Crippen molar-refractivity contribution in [2.45, 2.75) is 12.2 Å². The molecule has 144 valence electrons. The van der Waals surface area contributed by atoms with E-state index >= 15 is 0 Å². The molecule has 0 bridgehead atoms. The first-order valence-electron chi connectivity index (χ1n) is 9.68. The molecule has 0 aliphatic carbocycles. The first-order chi connectivity index (χ1) is 14.2. The van der Waals surface area contributed by atoms with E-state index in [1.807, 2.05) is 84.9 Å². The second-order valence-corrected chi connectivity index (χ2v) is 6.98. The van der Waals surface area contributed by atoms with Gasteiger partial charge in [0.1, 0.15) is 12.2 Å². The zero-order chi connectivity index (χ0) is 20.1. The zero-order valence-corrected chi connectivity index (χ0v) is 16.1. The Bertz CT molecular complexity index is 977. The molecule has 0 fully saturated rings. The number of nitrogen functional groups attached to an aromatic ring is 2. The maximum absolute atomic E-state index is 6.80. The number of hydrogen-bond acceptors (Lipinski definition) is 3. The molecule has 0 amide bonds. The molecular formula is C26H24N2O. The van der Waals surface area contributed by atoms with E-state index in [4.69, 9.17) is 16.2 Å².